The molecule has 2 nitrogen and oxygen atoms in total. The number of aryl methyl sites for hydroxylation is 1. The van der Waals surface area contributed by atoms with Crippen LogP contribution in [0.15, 0.2) is 24.3 Å². The molecule has 3 heteroatoms. The van der Waals surface area contributed by atoms with Crippen molar-refractivity contribution in [3.8, 4) is 0 Å². The van der Waals surface area contributed by atoms with Crippen LogP contribution in [0.3, 0.4) is 0 Å². The Kier molecular flexibility index (Phi) is 2.96. The first kappa shape index (κ1) is 12.1. The van der Waals surface area contributed by atoms with Crippen LogP contribution in [0.2, 0.25) is 0 Å². The Labute approximate surface area is 106 Å². The molecule has 2 aromatic rings. The first-order valence-electron chi connectivity index (χ1n) is 5.69. The van der Waals surface area contributed by atoms with Crippen molar-refractivity contribution in [2.24, 2.45) is 0 Å². The Bertz CT molecular complexity index is 563. The number of rotatable bonds is 1. The first-order chi connectivity index (χ1) is 7.88. The van der Waals surface area contributed by atoms with Gasteiger partial charge in [-0.05, 0) is 44.7 Å². The average molecular weight is 247 g/mol. The quantitative estimate of drug-likeness (QED) is 0.817. The maximum Gasteiger partial charge on any atom is 0.262 e. The van der Waals surface area contributed by atoms with E-state index in [2.05, 4.69) is 17.4 Å². The molecule has 0 bridgehead atoms. The SMILES string of the molecule is Cc1c(C(=O)NC(C)(C)C)sc2ccccc12. The molecule has 90 valence electrons. The van der Waals surface area contributed by atoms with Gasteiger partial charge in [0, 0.05) is 10.2 Å². The molecule has 1 aromatic heterocycles. The number of amides is 1. The zero-order valence-corrected chi connectivity index (χ0v) is 11.4. The molecule has 0 saturated carbocycles. The largest absolute Gasteiger partial charge is 0.347 e. The predicted molar refractivity (Wildman–Crippen MR) is 73.8 cm³/mol. The molecule has 0 radical (unpaired) electrons. The fourth-order valence-corrected chi connectivity index (χ4v) is 2.89. The van der Waals surface area contributed by atoms with Crippen LogP contribution in [0, 0.1) is 6.92 Å². The van der Waals surface area contributed by atoms with E-state index in [-0.39, 0.29) is 11.4 Å². The standard InChI is InChI=1S/C14H17NOS/c1-9-10-7-5-6-8-11(10)17-12(9)13(16)15-14(2,3)4/h5-8H,1-4H3,(H,15,16). The second-order valence-electron chi connectivity index (χ2n) is 5.26. The van der Waals surface area contributed by atoms with Crippen LogP contribution in [0.1, 0.15) is 36.0 Å². The van der Waals surface area contributed by atoms with Crippen LogP contribution in [-0.2, 0) is 0 Å². The summed E-state index contributed by atoms with van der Waals surface area (Å²) in [5, 5.41) is 4.19. The van der Waals surface area contributed by atoms with E-state index in [4.69, 9.17) is 0 Å². The summed E-state index contributed by atoms with van der Waals surface area (Å²) in [6.07, 6.45) is 0. The van der Waals surface area contributed by atoms with Crippen molar-refractivity contribution in [2.75, 3.05) is 0 Å². The zero-order valence-electron chi connectivity index (χ0n) is 10.6. The van der Waals surface area contributed by atoms with Crippen molar-refractivity contribution < 1.29 is 4.79 Å². The minimum absolute atomic E-state index is 0.0243. The van der Waals surface area contributed by atoms with Crippen LogP contribution < -0.4 is 5.32 Å². The van der Waals surface area contributed by atoms with Gasteiger partial charge in [0.15, 0.2) is 0 Å². The second-order valence-corrected chi connectivity index (χ2v) is 6.31. The fourth-order valence-electron chi connectivity index (χ4n) is 1.79. The highest BCUT2D eigenvalue weighted by Crippen LogP contribution is 2.30. The molecular weight excluding hydrogens is 230 g/mol. The van der Waals surface area contributed by atoms with Crippen molar-refractivity contribution in [3.63, 3.8) is 0 Å². The van der Waals surface area contributed by atoms with Gasteiger partial charge in [-0.15, -0.1) is 11.3 Å². The number of benzene rings is 1. The molecule has 1 N–H and O–H groups in total. The Hall–Kier alpha value is -1.35. The predicted octanol–water partition coefficient (Wildman–Crippen LogP) is 3.74. The highest BCUT2D eigenvalue weighted by Gasteiger charge is 2.19. The molecule has 1 aromatic carbocycles. The van der Waals surface area contributed by atoms with Gasteiger partial charge in [0.1, 0.15) is 0 Å². The fraction of sp³-hybridized carbons (Fsp3) is 0.357. The Balaban J connectivity index is 2.43. The van der Waals surface area contributed by atoms with Gasteiger partial charge in [-0.1, -0.05) is 18.2 Å². The summed E-state index contributed by atoms with van der Waals surface area (Å²) < 4.78 is 1.17. The molecule has 0 fully saturated rings. The topological polar surface area (TPSA) is 29.1 Å². The molecule has 0 unspecified atom stereocenters. The van der Waals surface area contributed by atoms with Gasteiger partial charge in [0.2, 0.25) is 0 Å². The summed E-state index contributed by atoms with van der Waals surface area (Å²) in [6.45, 7) is 7.99. The normalized spacial score (nSPS) is 11.8. The van der Waals surface area contributed by atoms with Crippen molar-refractivity contribution in [3.05, 3.63) is 34.7 Å². The number of carbonyl (C=O) groups is 1. The number of hydrogen-bond donors (Lipinski definition) is 1. The molecule has 2 rings (SSSR count). The lowest BCUT2D eigenvalue weighted by atomic mass is 10.1. The van der Waals surface area contributed by atoms with Crippen molar-refractivity contribution in [1.29, 1.82) is 0 Å². The molecule has 0 saturated heterocycles. The van der Waals surface area contributed by atoms with Crippen LogP contribution in [-0.4, -0.2) is 11.4 Å². The zero-order chi connectivity index (χ0) is 12.6. The lowest BCUT2D eigenvalue weighted by Gasteiger charge is -2.20. The summed E-state index contributed by atoms with van der Waals surface area (Å²) >= 11 is 1.56. The number of nitrogens with one attached hydrogen (secondary N) is 1. The summed E-state index contributed by atoms with van der Waals surface area (Å²) in [4.78, 5) is 13.0. The Morgan fingerprint density at radius 1 is 1.24 bits per heavy atom. The van der Waals surface area contributed by atoms with E-state index in [9.17, 15) is 4.79 Å². The number of hydrogen-bond acceptors (Lipinski definition) is 2. The summed E-state index contributed by atoms with van der Waals surface area (Å²) in [5.74, 6) is 0.0243. The van der Waals surface area contributed by atoms with Gasteiger partial charge < -0.3 is 5.32 Å². The van der Waals surface area contributed by atoms with Gasteiger partial charge in [-0.25, -0.2) is 0 Å². The van der Waals surface area contributed by atoms with E-state index in [0.717, 1.165) is 10.4 Å². The molecule has 0 atom stereocenters. The van der Waals surface area contributed by atoms with Crippen LogP contribution in [0.4, 0.5) is 0 Å². The van der Waals surface area contributed by atoms with E-state index in [1.54, 1.807) is 11.3 Å². The monoisotopic (exact) mass is 247 g/mol. The molecule has 0 spiro atoms. The van der Waals surface area contributed by atoms with E-state index >= 15 is 0 Å². The van der Waals surface area contributed by atoms with Crippen LogP contribution in [0.25, 0.3) is 10.1 Å². The van der Waals surface area contributed by atoms with E-state index < -0.39 is 0 Å². The van der Waals surface area contributed by atoms with Gasteiger partial charge in [-0.2, -0.15) is 0 Å². The average Bonchev–Trinajstić information content (AvgIpc) is 2.55. The Morgan fingerprint density at radius 3 is 2.47 bits per heavy atom. The third-order valence-corrected chi connectivity index (χ3v) is 3.81. The van der Waals surface area contributed by atoms with Gasteiger partial charge in [-0.3, -0.25) is 4.79 Å². The van der Waals surface area contributed by atoms with Gasteiger partial charge >= 0.3 is 0 Å². The third-order valence-electron chi connectivity index (χ3n) is 2.54. The molecular formula is C14H17NOS. The van der Waals surface area contributed by atoms with E-state index in [1.807, 2.05) is 39.8 Å². The van der Waals surface area contributed by atoms with Crippen LogP contribution >= 0.6 is 11.3 Å². The lowest BCUT2D eigenvalue weighted by Crippen LogP contribution is -2.40. The lowest BCUT2D eigenvalue weighted by molar-refractivity contribution is 0.0923. The molecule has 0 aliphatic carbocycles. The highest BCUT2D eigenvalue weighted by molar-refractivity contribution is 7.21. The second kappa shape index (κ2) is 4.15. The van der Waals surface area contributed by atoms with Crippen molar-refractivity contribution >= 4 is 27.3 Å². The van der Waals surface area contributed by atoms with E-state index in [1.165, 1.54) is 10.1 Å². The smallest absolute Gasteiger partial charge is 0.262 e. The molecule has 1 amide bonds. The number of thiophene rings is 1. The summed E-state index contributed by atoms with van der Waals surface area (Å²) in [7, 11) is 0. The van der Waals surface area contributed by atoms with Crippen LogP contribution in [0.5, 0.6) is 0 Å². The number of fused-ring (bicyclic) bond motifs is 1. The minimum atomic E-state index is -0.195. The Morgan fingerprint density at radius 2 is 1.88 bits per heavy atom. The summed E-state index contributed by atoms with van der Waals surface area (Å²) in [5.41, 5.74) is 0.882. The van der Waals surface area contributed by atoms with Crippen molar-refractivity contribution in [1.82, 2.24) is 5.32 Å². The van der Waals surface area contributed by atoms with Gasteiger partial charge in [0.25, 0.3) is 5.91 Å². The van der Waals surface area contributed by atoms with E-state index in [0.29, 0.717) is 0 Å². The highest BCUT2D eigenvalue weighted by atomic mass is 32.1. The van der Waals surface area contributed by atoms with Crippen molar-refractivity contribution in [2.45, 2.75) is 33.2 Å². The maximum absolute atomic E-state index is 12.2. The maximum atomic E-state index is 12.2. The molecule has 0 aliphatic heterocycles. The van der Waals surface area contributed by atoms with Gasteiger partial charge in [0.05, 0.1) is 4.88 Å². The number of carbonyl (C=O) groups excluding carboxylic acids is 1. The molecule has 17 heavy (non-hydrogen) atoms. The molecule has 1 heterocycles. The first-order valence-corrected chi connectivity index (χ1v) is 6.51. The molecule has 0 aliphatic rings. The third kappa shape index (κ3) is 2.50. The summed E-state index contributed by atoms with van der Waals surface area (Å²) in [6, 6.07) is 8.13. The minimum Gasteiger partial charge on any atom is -0.347 e.